The minimum atomic E-state index is -0.416. The standard InChI is InChI=1S/C17H13FN2O/c18-15-10-14(12-19-20-8-4-5-9-20)17(21)16(11-15)13-6-2-1-3-7-13/h1-12,21H. The van der Waals surface area contributed by atoms with E-state index in [9.17, 15) is 9.50 Å². The molecule has 1 aromatic heterocycles. The second-order valence-electron chi connectivity index (χ2n) is 4.56. The Morgan fingerprint density at radius 3 is 2.43 bits per heavy atom. The maximum Gasteiger partial charge on any atom is 0.132 e. The van der Waals surface area contributed by atoms with Gasteiger partial charge in [-0.25, -0.2) is 9.07 Å². The number of phenols is 1. The molecule has 0 bridgehead atoms. The highest BCUT2D eigenvalue weighted by Gasteiger charge is 2.10. The van der Waals surface area contributed by atoms with Crippen LogP contribution in [-0.2, 0) is 0 Å². The van der Waals surface area contributed by atoms with Gasteiger partial charge in [-0.05, 0) is 29.8 Å². The quantitative estimate of drug-likeness (QED) is 0.726. The van der Waals surface area contributed by atoms with E-state index in [1.807, 2.05) is 42.5 Å². The number of hydrogen-bond donors (Lipinski definition) is 1. The van der Waals surface area contributed by atoms with Crippen molar-refractivity contribution in [3.8, 4) is 16.9 Å². The van der Waals surface area contributed by atoms with Gasteiger partial charge in [0.15, 0.2) is 0 Å². The predicted octanol–water partition coefficient (Wildman–Crippen LogP) is 3.88. The molecule has 4 heteroatoms. The molecule has 3 rings (SSSR count). The van der Waals surface area contributed by atoms with Crippen LogP contribution in [0, 0.1) is 5.82 Å². The summed E-state index contributed by atoms with van der Waals surface area (Å²) in [5, 5.41) is 14.5. The largest absolute Gasteiger partial charge is 0.507 e. The van der Waals surface area contributed by atoms with Gasteiger partial charge in [-0.2, -0.15) is 5.10 Å². The Morgan fingerprint density at radius 2 is 1.71 bits per heavy atom. The highest BCUT2D eigenvalue weighted by atomic mass is 19.1. The molecule has 0 fully saturated rings. The SMILES string of the molecule is Oc1c(C=Nn2cccc2)cc(F)cc1-c1ccccc1. The zero-order valence-electron chi connectivity index (χ0n) is 11.1. The first kappa shape index (κ1) is 13.1. The first-order chi connectivity index (χ1) is 10.2. The molecule has 2 aromatic carbocycles. The fourth-order valence-electron chi connectivity index (χ4n) is 2.09. The van der Waals surface area contributed by atoms with Gasteiger partial charge in [0.25, 0.3) is 0 Å². The first-order valence-corrected chi connectivity index (χ1v) is 6.49. The van der Waals surface area contributed by atoms with Crippen molar-refractivity contribution in [2.75, 3.05) is 0 Å². The molecule has 0 aliphatic rings. The van der Waals surface area contributed by atoms with E-state index in [1.54, 1.807) is 17.1 Å². The normalized spacial score (nSPS) is 11.1. The molecular weight excluding hydrogens is 267 g/mol. The van der Waals surface area contributed by atoms with Crippen LogP contribution >= 0.6 is 0 Å². The van der Waals surface area contributed by atoms with Gasteiger partial charge in [-0.3, -0.25) is 0 Å². The number of rotatable bonds is 3. The maximum atomic E-state index is 13.8. The summed E-state index contributed by atoms with van der Waals surface area (Å²) in [6.07, 6.45) is 4.95. The van der Waals surface area contributed by atoms with Crippen LogP contribution in [0.2, 0.25) is 0 Å². The van der Waals surface area contributed by atoms with Crippen LogP contribution in [0.15, 0.2) is 72.1 Å². The monoisotopic (exact) mass is 280 g/mol. The molecule has 0 aliphatic carbocycles. The molecule has 3 nitrogen and oxygen atoms in total. The average molecular weight is 280 g/mol. The van der Waals surface area contributed by atoms with E-state index in [0.29, 0.717) is 11.1 Å². The van der Waals surface area contributed by atoms with E-state index < -0.39 is 5.82 Å². The molecule has 0 spiro atoms. The van der Waals surface area contributed by atoms with Crippen molar-refractivity contribution in [1.82, 2.24) is 4.68 Å². The molecule has 0 amide bonds. The lowest BCUT2D eigenvalue weighted by Gasteiger charge is -2.08. The van der Waals surface area contributed by atoms with Crippen LogP contribution in [-0.4, -0.2) is 16.0 Å². The molecule has 104 valence electrons. The molecule has 0 aliphatic heterocycles. The van der Waals surface area contributed by atoms with Crippen LogP contribution < -0.4 is 0 Å². The van der Waals surface area contributed by atoms with Gasteiger partial charge >= 0.3 is 0 Å². The molecule has 0 radical (unpaired) electrons. The predicted molar refractivity (Wildman–Crippen MR) is 80.9 cm³/mol. The molecule has 0 unspecified atom stereocenters. The number of benzene rings is 2. The summed E-state index contributed by atoms with van der Waals surface area (Å²) in [5.74, 6) is -0.404. The molecule has 21 heavy (non-hydrogen) atoms. The third-order valence-corrected chi connectivity index (χ3v) is 3.11. The van der Waals surface area contributed by atoms with Crippen molar-refractivity contribution in [2.45, 2.75) is 0 Å². The van der Waals surface area contributed by atoms with Gasteiger partial charge in [0.1, 0.15) is 11.6 Å². The van der Waals surface area contributed by atoms with Crippen molar-refractivity contribution >= 4 is 6.21 Å². The van der Waals surface area contributed by atoms with Gasteiger partial charge in [0.2, 0.25) is 0 Å². The Labute approximate surface area is 121 Å². The van der Waals surface area contributed by atoms with E-state index in [0.717, 1.165) is 5.56 Å². The molecule has 0 atom stereocenters. The van der Waals surface area contributed by atoms with E-state index >= 15 is 0 Å². The molecule has 3 aromatic rings. The average Bonchev–Trinajstić information content (AvgIpc) is 3.02. The minimum absolute atomic E-state index is 0.0125. The zero-order valence-corrected chi connectivity index (χ0v) is 11.1. The van der Waals surface area contributed by atoms with Crippen LogP contribution in [0.5, 0.6) is 5.75 Å². The topological polar surface area (TPSA) is 37.5 Å². The van der Waals surface area contributed by atoms with E-state index in [1.165, 1.54) is 18.3 Å². The van der Waals surface area contributed by atoms with Crippen molar-refractivity contribution in [3.63, 3.8) is 0 Å². The highest BCUT2D eigenvalue weighted by Crippen LogP contribution is 2.32. The second kappa shape index (κ2) is 5.63. The van der Waals surface area contributed by atoms with Gasteiger partial charge < -0.3 is 5.11 Å². The number of nitrogens with zero attached hydrogens (tertiary/aromatic N) is 2. The molecule has 1 heterocycles. The summed E-state index contributed by atoms with van der Waals surface area (Å²) >= 11 is 0. The Balaban J connectivity index is 2.04. The van der Waals surface area contributed by atoms with Gasteiger partial charge in [0.05, 0.1) is 6.21 Å². The fourth-order valence-corrected chi connectivity index (χ4v) is 2.09. The molecule has 0 saturated heterocycles. The van der Waals surface area contributed by atoms with Gasteiger partial charge in [0, 0.05) is 23.5 Å². The van der Waals surface area contributed by atoms with Crippen LogP contribution in [0.4, 0.5) is 4.39 Å². The summed E-state index contributed by atoms with van der Waals surface area (Å²) < 4.78 is 15.4. The van der Waals surface area contributed by atoms with Crippen LogP contribution in [0.25, 0.3) is 11.1 Å². The van der Waals surface area contributed by atoms with Crippen LogP contribution in [0.1, 0.15) is 5.56 Å². The van der Waals surface area contributed by atoms with Crippen molar-refractivity contribution in [1.29, 1.82) is 0 Å². The number of hydrogen-bond acceptors (Lipinski definition) is 2. The second-order valence-corrected chi connectivity index (χ2v) is 4.56. The number of phenolic OH excluding ortho intramolecular Hbond substituents is 1. The van der Waals surface area contributed by atoms with Crippen molar-refractivity contribution in [2.24, 2.45) is 5.10 Å². The van der Waals surface area contributed by atoms with E-state index in [4.69, 9.17) is 0 Å². The van der Waals surface area contributed by atoms with E-state index in [2.05, 4.69) is 5.10 Å². The Kier molecular flexibility index (Phi) is 3.51. The zero-order chi connectivity index (χ0) is 14.7. The summed E-state index contributed by atoms with van der Waals surface area (Å²) in [5.41, 5.74) is 1.54. The Bertz CT molecular complexity index is 765. The summed E-state index contributed by atoms with van der Waals surface area (Å²) in [4.78, 5) is 0. The fraction of sp³-hybridized carbons (Fsp3) is 0. The van der Waals surface area contributed by atoms with Gasteiger partial charge in [-0.1, -0.05) is 30.3 Å². The maximum absolute atomic E-state index is 13.8. The third-order valence-electron chi connectivity index (χ3n) is 3.11. The van der Waals surface area contributed by atoms with Gasteiger partial charge in [-0.15, -0.1) is 0 Å². The summed E-state index contributed by atoms with van der Waals surface area (Å²) in [6.45, 7) is 0. The smallest absolute Gasteiger partial charge is 0.132 e. The third kappa shape index (κ3) is 2.84. The molecular formula is C17H13FN2O. The van der Waals surface area contributed by atoms with Crippen molar-refractivity contribution < 1.29 is 9.50 Å². The van der Waals surface area contributed by atoms with Crippen molar-refractivity contribution in [3.05, 3.63) is 78.4 Å². The minimum Gasteiger partial charge on any atom is -0.507 e. The Morgan fingerprint density at radius 1 is 1.00 bits per heavy atom. The summed E-state index contributed by atoms with van der Waals surface area (Å²) in [6, 6.07) is 15.4. The number of halogens is 1. The lowest BCUT2D eigenvalue weighted by atomic mass is 10.0. The Hall–Kier alpha value is -2.88. The van der Waals surface area contributed by atoms with E-state index in [-0.39, 0.29) is 5.75 Å². The molecule has 0 saturated carbocycles. The number of aromatic nitrogens is 1. The van der Waals surface area contributed by atoms with Crippen LogP contribution in [0.3, 0.4) is 0 Å². The lowest BCUT2D eigenvalue weighted by Crippen LogP contribution is -1.92. The first-order valence-electron chi connectivity index (χ1n) is 6.49. The highest BCUT2D eigenvalue weighted by molar-refractivity contribution is 5.88. The number of aromatic hydroxyl groups is 1. The summed E-state index contributed by atoms with van der Waals surface area (Å²) in [7, 11) is 0. The lowest BCUT2D eigenvalue weighted by molar-refractivity contribution is 0.474. The molecule has 1 N–H and O–H groups in total.